The van der Waals surface area contributed by atoms with Crippen molar-refractivity contribution in [1.29, 1.82) is 0 Å². The average molecular weight is 302 g/mol. The summed E-state index contributed by atoms with van der Waals surface area (Å²) in [5.41, 5.74) is 2.93. The van der Waals surface area contributed by atoms with Crippen LogP contribution >= 0.6 is 15.9 Å². The van der Waals surface area contributed by atoms with Crippen molar-refractivity contribution in [2.24, 2.45) is 0 Å². The molecule has 92 valence electrons. The van der Waals surface area contributed by atoms with E-state index in [1.165, 1.54) is 36.8 Å². The van der Waals surface area contributed by atoms with Gasteiger partial charge in [-0.25, -0.2) is 4.98 Å². The largest absolute Gasteiger partial charge is 0.249 e. The summed E-state index contributed by atoms with van der Waals surface area (Å²) < 4.78 is 0.996. The standard InChI is InChI=1S/C16H16BrN/c17-15-14(9-6-12-18-15)16(10-4-5-11-16)13-7-2-1-3-8-13/h1-3,6-9,12H,4-5,10-11H2. The summed E-state index contributed by atoms with van der Waals surface area (Å²) in [7, 11) is 0. The van der Waals surface area contributed by atoms with E-state index in [9.17, 15) is 0 Å². The Labute approximate surface area is 116 Å². The molecule has 1 aliphatic rings. The zero-order valence-electron chi connectivity index (χ0n) is 10.3. The molecule has 1 heterocycles. The fraction of sp³-hybridized carbons (Fsp3) is 0.312. The Morgan fingerprint density at radius 2 is 1.67 bits per heavy atom. The lowest BCUT2D eigenvalue weighted by Gasteiger charge is -2.31. The van der Waals surface area contributed by atoms with Gasteiger partial charge in [0.2, 0.25) is 0 Å². The predicted octanol–water partition coefficient (Wildman–Crippen LogP) is 4.70. The Hall–Kier alpha value is -1.15. The maximum absolute atomic E-state index is 4.41. The highest BCUT2D eigenvalue weighted by molar-refractivity contribution is 9.10. The summed E-state index contributed by atoms with van der Waals surface area (Å²) in [6.07, 6.45) is 6.90. The van der Waals surface area contributed by atoms with Gasteiger partial charge >= 0.3 is 0 Å². The summed E-state index contributed by atoms with van der Waals surface area (Å²) in [4.78, 5) is 4.41. The van der Waals surface area contributed by atoms with Gasteiger partial charge in [-0.2, -0.15) is 0 Å². The van der Waals surface area contributed by atoms with Crippen LogP contribution in [-0.4, -0.2) is 4.98 Å². The van der Waals surface area contributed by atoms with Crippen LogP contribution in [0.3, 0.4) is 0 Å². The van der Waals surface area contributed by atoms with Crippen LogP contribution in [0.1, 0.15) is 36.8 Å². The number of nitrogens with zero attached hydrogens (tertiary/aromatic N) is 1. The van der Waals surface area contributed by atoms with Crippen molar-refractivity contribution in [1.82, 2.24) is 4.98 Å². The van der Waals surface area contributed by atoms with Gasteiger partial charge in [0.25, 0.3) is 0 Å². The molecule has 1 aromatic heterocycles. The number of hydrogen-bond acceptors (Lipinski definition) is 1. The van der Waals surface area contributed by atoms with E-state index < -0.39 is 0 Å². The Bertz CT molecular complexity index is 530. The molecule has 2 aromatic rings. The zero-order chi connectivity index (χ0) is 12.4. The fourth-order valence-corrected chi connectivity index (χ4v) is 3.82. The second-order valence-electron chi connectivity index (χ2n) is 5.00. The zero-order valence-corrected chi connectivity index (χ0v) is 11.9. The quantitative estimate of drug-likeness (QED) is 0.732. The van der Waals surface area contributed by atoms with Crippen LogP contribution in [0.25, 0.3) is 0 Å². The number of benzene rings is 1. The highest BCUT2D eigenvalue weighted by Gasteiger charge is 2.38. The number of rotatable bonds is 2. The van der Waals surface area contributed by atoms with Gasteiger partial charge in [0.1, 0.15) is 4.60 Å². The van der Waals surface area contributed by atoms with Gasteiger partial charge in [-0.15, -0.1) is 0 Å². The first-order chi connectivity index (χ1) is 8.83. The van der Waals surface area contributed by atoms with Crippen LogP contribution < -0.4 is 0 Å². The van der Waals surface area contributed by atoms with E-state index in [2.05, 4.69) is 57.3 Å². The fourth-order valence-electron chi connectivity index (χ4n) is 3.19. The van der Waals surface area contributed by atoms with E-state index >= 15 is 0 Å². The molecule has 1 fully saturated rings. The first-order valence-electron chi connectivity index (χ1n) is 6.49. The van der Waals surface area contributed by atoms with Crippen LogP contribution in [0.5, 0.6) is 0 Å². The van der Waals surface area contributed by atoms with Crippen LogP contribution in [0.15, 0.2) is 53.3 Å². The molecular weight excluding hydrogens is 286 g/mol. The summed E-state index contributed by atoms with van der Waals surface area (Å²) >= 11 is 3.63. The molecule has 2 heteroatoms. The maximum Gasteiger partial charge on any atom is 0.110 e. The first-order valence-corrected chi connectivity index (χ1v) is 7.29. The lowest BCUT2D eigenvalue weighted by Crippen LogP contribution is -2.24. The maximum atomic E-state index is 4.41. The molecule has 0 radical (unpaired) electrons. The van der Waals surface area contributed by atoms with E-state index in [1.54, 1.807) is 0 Å². The number of hydrogen-bond donors (Lipinski definition) is 0. The van der Waals surface area contributed by atoms with Crippen LogP contribution in [0.4, 0.5) is 0 Å². The Balaban J connectivity index is 2.16. The van der Waals surface area contributed by atoms with E-state index in [4.69, 9.17) is 0 Å². The van der Waals surface area contributed by atoms with Crippen LogP contribution in [-0.2, 0) is 5.41 Å². The number of halogens is 1. The molecule has 0 saturated heterocycles. The summed E-state index contributed by atoms with van der Waals surface area (Å²) in [6, 6.07) is 15.1. The lowest BCUT2D eigenvalue weighted by atomic mass is 9.74. The third-order valence-electron chi connectivity index (χ3n) is 4.06. The summed E-state index contributed by atoms with van der Waals surface area (Å²) in [5, 5.41) is 0. The monoisotopic (exact) mass is 301 g/mol. The molecule has 0 spiro atoms. The first kappa shape index (κ1) is 11.9. The van der Waals surface area contributed by atoms with Crippen molar-refractivity contribution in [3.63, 3.8) is 0 Å². The van der Waals surface area contributed by atoms with E-state index in [1.807, 2.05) is 12.3 Å². The molecule has 0 N–H and O–H groups in total. The van der Waals surface area contributed by atoms with Crippen molar-refractivity contribution in [3.05, 3.63) is 64.4 Å². The highest BCUT2D eigenvalue weighted by Crippen LogP contribution is 2.47. The summed E-state index contributed by atoms with van der Waals surface area (Å²) in [5.74, 6) is 0. The minimum Gasteiger partial charge on any atom is -0.249 e. The van der Waals surface area contributed by atoms with Crippen LogP contribution in [0, 0.1) is 0 Å². The van der Waals surface area contributed by atoms with E-state index in [0.29, 0.717) is 0 Å². The van der Waals surface area contributed by atoms with Gasteiger partial charge in [0, 0.05) is 11.6 Å². The van der Waals surface area contributed by atoms with Crippen molar-refractivity contribution < 1.29 is 0 Å². The smallest absolute Gasteiger partial charge is 0.110 e. The molecule has 1 nitrogen and oxygen atoms in total. The molecule has 3 rings (SSSR count). The molecule has 0 unspecified atom stereocenters. The molecule has 0 atom stereocenters. The molecule has 1 aliphatic carbocycles. The Morgan fingerprint density at radius 3 is 2.33 bits per heavy atom. The third kappa shape index (κ3) is 1.89. The molecule has 0 bridgehead atoms. The van der Waals surface area contributed by atoms with E-state index in [-0.39, 0.29) is 5.41 Å². The minimum atomic E-state index is 0.161. The second kappa shape index (κ2) is 4.85. The molecule has 1 aromatic carbocycles. The SMILES string of the molecule is Brc1ncccc1C1(c2ccccc2)CCCC1. The average Bonchev–Trinajstić information content (AvgIpc) is 2.91. The summed E-state index contributed by atoms with van der Waals surface area (Å²) in [6.45, 7) is 0. The van der Waals surface area contributed by atoms with Gasteiger partial charge < -0.3 is 0 Å². The van der Waals surface area contributed by atoms with Crippen molar-refractivity contribution in [3.8, 4) is 0 Å². The Morgan fingerprint density at radius 1 is 0.944 bits per heavy atom. The molecule has 0 aliphatic heterocycles. The molecule has 1 saturated carbocycles. The molecule has 18 heavy (non-hydrogen) atoms. The predicted molar refractivity (Wildman–Crippen MR) is 77.6 cm³/mol. The number of pyridine rings is 1. The number of aromatic nitrogens is 1. The van der Waals surface area contributed by atoms with Crippen molar-refractivity contribution >= 4 is 15.9 Å². The van der Waals surface area contributed by atoms with Gasteiger partial charge in [-0.05, 0) is 46.0 Å². The highest BCUT2D eigenvalue weighted by atomic mass is 79.9. The van der Waals surface area contributed by atoms with Gasteiger partial charge in [-0.3, -0.25) is 0 Å². The second-order valence-corrected chi connectivity index (χ2v) is 5.75. The topological polar surface area (TPSA) is 12.9 Å². The van der Waals surface area contributed by atoms with E-state index in [0.717, 1.165) is 4.60 Å². The van der Waals surface area contributed by atoms with Gasteiger partial charge in [0.15, 0.2) is 0 Å². The normalized spacial score (nSPS) is 17.8. The Kier molecular flexibility index (Phi) is 3.21. The lowest BCUT2D eigenvalue weighted by molar-refractivity contribution is 0.530. The third-order valence-corrected chi connectivity index (χ3v) is 4.69. The van der Waals surface area contributed by atoms with Crippen molar-refractivity contribution in [2.75, 3.05) is 0 Å². The van der Waals surface area contributed by atoms with Gasteiger partial charge in [-0.1, -0.05) is 49.2 Å². The van der Waals surface area contributed by atoms with Gasteiger partial charge in [0.05, 0.1) is 0 Å². The minimum absolute atomic E-state index is 0.161. The van der Waals surface area contributed by atoms with Crippen molar-refractivity contribution in [2.45, 2.75) is 31.1 Å². The molecule has 0 amide bonds. The van der Waals surface area contributed by atoms with Crippen LogP contribution in [0.2, 0.25) is 0 Å². The molecular formula is C16H16BrN.